The van der Waals surface area contributed by atoms with Gasteiger partial charge in [-0.1, -0.05) is 18.2 Å². The lowest BCUT2D eigenvalue weighted by molar-refractivity contribution is -0.123. The van der Waals surface area contributed by atoms with Crippen molar-refractivity contribution in [2.75, 3.05) is 0 Å². The van der Waals surface area contributed by atoms with Gasteiger partial charge in [-0.3, -0.25) is 9.78 Å². The monoisotopic (exact) mass is 294 g/mol. The largest absolute Gasteiger partial charge is 0.508 e. The number of carbonyl (C=O) groups is 1. The van der Waals surface area contributed by atoms with Gasteiger partial charge in [0.05, 0.1) is 6.04 Å². The fourth-order valence-corrected chi connectivity index (χ4v) is 3.51. The third kappa shape index (κ3) is 2.25. The third-order valence-corrected chi connectivity index (χ3v) is 4.80. The molecular weight excluding hydrogens is 276 g/mol. The summed E-state index contributed by atoms with van der Waals surface area (Å²) in [6.45, 7) is 0. The summed E-state index contributed by atoms with van der Waals surface area (Å²) in [6, 6.07) is 9.53. The van der Waals surface area contributed by atoms with E-state index in [0.29, 0.717) is 11.7 Å². The van der Waals surface area contributed by atoms with Crippen molar-refractivity contribution in [3.05, 3.63) is 59.4 Å². The lowest BCUT2D eigenvalue weighted by atomic mass is 10.1. The Bertz CT molecular complexity index is 714. The molecule has 3 atom stereocenters. The van der Waals surface area contributed by atoms with Crippen LogP contribution in [0.15, 0.2) is 42.7 Å². The molecule has 22 heavy (non-hydrogen) atoms. The highest BCUT2D eigenvalue weighted by Gasteiger charge is 2.44. The van der Waals surface area contributed by atoms with Gasteiger partial charge in [0, 0.05) is 18.3 Å². The van der Waals surface area contributed by atoms with E-state index in [4.69, 9.17) is 0 Å². The number of aromatic hydroxyl groups is 1. The normalized spacial score (nSPS) is 25.5. The zero-order valence-corrected chi connectivity index (χ0v) is 12.2. The first kappa shape index (κ1) is 13.3. The molecule has 1 saturated carbocycles. The number of hydrogen-bond acceptors (Lipinski definition) is 3. The predicted octanol–water partition coefficient (Wildman–Crippen LogP) is 2.69. The van der Waals surface area contributed by atoms with Crippen LogP contribution in [0.1, 0.15) is 41.5 Å². The molecule has 112 valence electrons. The summed E-state index contributed by atoms with van der Waals surface area (Å²) in [6.07, 6.45) is 6.19. The molecule has 0 unspecified atom stereocenters. The van der Waals surface area contributed by atoms with Crippen molar-refractivity contribution in [1.82, 2.24) is 10.3 Å². The second-order valence-corrected chi connectivity index (χ2v) is 6.18. The average molecular weight is 294 g/mol. The van der Waals surface area contributed by atoms with E-state index >= 15 is 0 Å². The molecule has 0 radical (unpaired) electrons. The van der Waals surface area contributed by atoms with Gasteiger partial charge in [0.2, 0.25) is 5.91 Å². The van der Waals surface area contributed by atoms with Crippen LogP contribution >= 0.6 is 0 Å². The van der Waals surface area contributed by atoms with E-state index < -0.39 is 0 Å². The number of nitrogens with one attached hydrogen (secondary N) is 1. The second kappa shape index (κ2) is 5.13. The van der Waals surface area contributed by atoms with E-state index in [1.54, 1.807) is 12.3 Å². The highest BCUT2D eigenvalue weighted by Crippen LogP contribution is 2.48. The molecule has 4 nitrogen and oxygen atoms in total. The van der Waals surface area contributed by atoms with E-state index in [-0.39, 0.29) is 17.9 Å². The van der Waals surface area contributed by atoms with Gasteiger partial charge in [-0.05, 0) is 54.0 Å². The van der Waals surface area contributed by atoms with Crippen LogP contribution in [0.5, 0.6) is 5.75 Å². The third-order valence-electron chi connectivity index (χ3n) is 4.80. The van der Waals surface area contributed by atoms with Crippen molar-refractivity contribution in [2.24, 2.45) is 5.92 Å². The van der Waals surface area contributed by atoms with E-state index in [1.165, 1.54) is 0 Å². The van der Waals surface area contributed by atoms with Crippen LogP contribution in [-0.4, -0.2) is 16.0 Å². The van der Waals surface area contributed by atoms with Gasteiger partial charge in [0.1, 0.15) is 5.75 Å². The molecule has 1 amide bonds. The zero-order valence-electron chi connectivity index (χ0n) is 12.2. The second-order valence-electron chi connectivity index (χ2n) is 6.18. The fourth-order valence-electron chi connectivity index (χ4n) is 3.51. The summed E-state index contributed by atoms with van der Waals surface area (Å²) < 4.78 is 0. The van der Waals surface area contributed by atoms with Gasteiger partial charge < -0.3 is 10.4 Å². The minimum absolute atomic E-state index is 0.0322. The summed E-state index contributed by atoms with van der Waals surface area (Å²) in [5.41, 5.74) is 3.19. The Morgan fingerprint density at radius 2 is 2.18 bits per heavy atom. The van der Waals surface area contributed by atoms with E-state index in [9.17, 15) is 9.90 Å². The summed E-state index contributed by atoms with van der Waals surface area (Å²) in [5, 5.41) is 13.0. The van der Waals surface area contributed by atoms with Crippen molar-refractivity contribution in [3.8, 4) is 5.75 Å². The molecule has 0 spiro atoms. The van der Waals surface area contributed by atoms with Crippen molar-refractivity contribution in [2.45, 2.75) is 31.2 Å². The van der Waals surface area contributed by atoms with Gasteiger partial charge in [0.25, 0.3) is 0 Å². The highest BCUT2D eigenvalue weighted by molar-refractivity contribution is 5.83. The minimum Gasteiger partial charge on any atom is -0.508 e. The molecule has 4 rings (SSSR count). The van der Waals surface area contributed by atoms with Crippen molar-refractivity contribution < 1.29 is 9.90 Å². The number of nitrogens with zero attached hydrogens (tertiary/aromatic N) is 1. The molecule has 0 saturated heterocycles. The van der Waals surface area contributed by atoms with Crippen molar-refractivity contribution >= 4 is 5.91 Å². The first-order valence-corrected chi connectivity index (χ1v) is 7.75. The maximum Gasteiger partial charge on any atom is 0.224 e. The van der Waals surface area contributed by atoms with Gasteiger partial charge in [0.15, 0.2) is 0 Å². The van der Waals surface area contributed by atoms with Crippen LogP contribution in [-0.2, 0) is 11.2 Å². The van der Waals surface area contributed by atoms with E-state index in [0.717, 1.165) is 36.0 Å². The molecule has 2 N–H and O–H groups in total. The number of fused-ring (bicyclic) bond motifs is 1. The molecule has 2 aliphatic rings. The molecule has 0 aliphatic heterocycles. The number of pyridine rings is 1. The number of benzene rings is 1. The lowest BCUT2D eigenvalue weighted by Gasteiger charge is -2.14. The molecule has 0 bridgehead atoms. The summed E-state index contributed by atoms with van der Waals surface area (Å²) in [5.74, 6) is 0.827. The Hall–Kier alpha value is -2.36. The van der Waals surface area contributed by atoms with Gasteiger partial charge >= 0.3 is 0 Å². The van der Waals surface area contributed by atoms with Crippen LogP contribution < -0.4 is 5.32 Å². The smallest absolute Gasteiger partial charge is 0.224 e. The number of phenolic OH excluding ortho intramolecular Hbond substituents is 1. The van der Waals surface area contributed by atoms with Crippen LogP contribution in [0.2, 0.25) is 0 Å². The van der Waals surface area contributed by atoms with Crippen LogP contribution in [0.25, 0.3) is 0 Å². The topological polar surface area (TPSA) is 62.2 Å². The quantitative estimate of drug-likeness (QED) is 0.915. The zero-order chi connectivity index (χ0) is 15.1. The van der Waals surface area contributed by atoms with Crippen molar-refractivity contribution in [1.29, 1.82) is 0 Å². The van der Waals surface area contributed by atoms with Crippen molar-refractivity contribution in [3.63, 3.8) is 0 Å². The summed E-state index contributed by atoms with van der Waals surface area (Å²) in [4.78, 5) is 16.6. The number of rotatable bonds is 3. The number of amides is 1. The Morgan fingerprint density at radius 3 is 3.00 bits per heavy atom. The van der Waals surface area contributed by atoms with E-state index in [1.807, 2.05) is 30.5 Å². The first-order chi connectivity index (χ1) is 10.7. The number of carbonyl (C=O) groups excluding carboxylic acids is 1. The molecule has 2 aromatic rings. The summed E-state index contributed by atoms with van der Waals surface area (Å²) >= 11 is 0. The van der Waals surface area contributed by atoms with Gasteiger partial charge in [-0.25, -0.2) is 0 Å². The predicted molar refractivity (Wildman–Crippen MR) is 82.4 cm³/mol. The Kier molecular flexibility index (Phi) is 3.10. The lowest BCUT2D eigenvalue weighted by Crippen LogP contribution is -2.28. The molecule has 4 heteroatoms. The number of hydrogen-bond donors (Lipinski definition) is 2. The summed E-state index contributed by atoms with van der Waals surface area (Å²) in [7, 11) is 0. The average Bonchev–Trinajstić information content (AvgIpc) is 3.25. The first-order valence-electron chi connectivity index (χ1n) is 7.75. The Morgan fingerprint density at radius 1 is 1.27 bits per heavy atom. The SMILES string of the molecule is O=C(N[C@@H]1CCc2c(O)cccc21)[C@@H]1C[C@@H]1c1cccnc1. The Labute approximate surface area is 129 Å². The molecule has 1 fully saturated rings. The van der Waals surface area contributed by atoms with E-state index in [2.05, 4.69) is 10.3 Å². The molecular formula is C18H18N2O2. The van der Waals surface area contributed by atoms with Crippen LogP contribution in [0, 0.1) is 5.92 Å². The molecule has 1 aromatic heterocycles. The maximum atomic E-state index is 12.4. The van der Waals surface area contributed by atoms with Gasteiger partial charge in [-0.2, -0.15) is 0 Å². The minimum atomic E-state index is 0.0322. The fraction of sp³-hybridized carbons (Fsp3) is 0.333. The Balaban J connectivity index is 1.44. The maximum absolute atomic E-state index is 12.4. The van der Waals surface area contributed by atoms with Gasteiger partial charge in [-0.15, -0.1) is 0 Å². The standard InChI is InChI=1S/C18H18N2O2/c21-17-5-1-4-12-13(17)6-7-16(12)20-18(22)15-9-14(15)11-3-2-8-19-10-11/h1-5,8,10,14-16,21H,6-7,9H2,(H,20,22)/t14-,15-,16-/m1/s1. The molecule has 2 aliphatic carbocycles. The highest BCUT2D eigenvalue weighted by atomic mass is 16.3. The molecule has 1 heterocycles. The number of aromatic nitrogens is 1. The number of phenols is 1. The van der Waals surface area contributed by atoms with Crippen LogP contribution in [0.4, 0.5) is 0 Å². The molecule has 1 aromatic carbocycles. The van der Waals surface area contributed by atoms with Crippen LogP contribution in [0.3, 0.4) is 0 Å².